The molecule has 0 amide bonds. The normalized spacial score (nSPS) is 14.5. The van der Waals surface area contributed by atoms with Crippen molar-refractivity contribution in [1.82, 2.24) is 0 Å². The van der Waals surface area contributed by atoms with Crippen LogP contribution >= 0.6 is 0 Å². The Morgan fingerprint density at radius 1 is 0.857 bits per heavy atom. The molecule has 0 aliphatic heterocycles. The number of hydrogen-bond donors (Lipinski definition) is 0. The molecule has 0 heterocycles. The molecular weight excluding hydrogens is 378 g/mol. The molecule has 0 nitrogen and oxygen atoms in total. The van der Waals surface area contributed by atoms with Gasteiger partial charge in [-0.05, 0) is 0 Å². The van der Waals surface area contributed by atoms with E-state index in [1.54, 1.807) is 9.77 Å². The third kappa shape index (κ3) is 4.25. The fraction of sp³-hybridized carbons (Fsp3) is 0.167. The van der Waals surface area contributed by atoms with Crippen molar-refractivity contribution >= 4 is 3.21 Å². The Hall–Kier alpha value is -0.487. The first-order valence-corrected chi connectivity index (χ1v) is 10.5. The minimum absolute atomic E-state index is 0. The Morgan fingerprint density at radius 3 is 1.81 bits per heavy atom. The molecule has 1 aromatic rings. The van der Waals surface area contributed by atoms with E-state index < -0.39 is 21.3 Å². The molecule has 0 saturated carbocycles. The van der Waals surface area contributed by atoms with Crippen molar-refractivity contribution in [3.63, 3.8) is 0 Å². The first kappa shape index (κ1) is 18.6. The molecule has 2 aliphatic rings. The largest absolute Gasteiger partial charge is 1.00 e. The van der Waals surface area contributed by atoms with Gasteiger partial charge in [-0.2, -0.15) is 0 Å². The topological polar surface area (TPSA) is 0 Å². The van der Waals surface area contributed by atoms with E-state index in [2.05, 4.69) is 73.7 Å². The number of allylic oxidation sites excluding steroid dienone is 8. The molecule has 0 radical (unpaired) electrons. The van der Waals surface area contributed by atoms with Crippen LogP contribution in [0.15, 0.2) is 73.3 Å². The van der Waals surface area contributed by atoms with Gasteiger partial charge in [-0.25, -0.2) is 0 Å². The summed E-state index contributed by atoms with van der Waals surface area (Å²) in [6.45, 7) is 2.36. The third-order valence-electron chi connectivity index (χ3n) is 3.77. The molecule has 21 heavy (non-hydrogen) atoms. The van der Waals surface area contributed by atoms with Gasteiger partial charge in [-0.3, -0.25) is 0 Å². The van der Waals surface area contributed by atoms with E-state index in [0.29, 0.717) is 0 Å². The molecule has 0 saturated heterocycles. The molecule has 0 spiro atoms. The smallest absolute Gasteiger partial charge is 1.00 e. The molecule has 3 rings (SSSR count). The fourth-order valence-corrected chi connectivity index (χ4v) is 10.2. The molecule has 0 bridgehead atoms. The molecule has 0 atom stereocenters. The Balaban J connectivity index is 0.00000110. The van der Waals surface area contributed by atoms with Gasteiger partial charge in [0, 0.05) is 0 Å². The van der Waals surface area contributed by atoms with Crippen molar-refractivity contribution in [2.24, 2.45) is 0 Å². The summed E-state index contributed by atoms with van der Waals surface area (Å²) in [5, 5.41) is 0. The van der Waals surface area contributed by atoms with Crippen LogP contribution in [0, 0.1) is 0 Å². The zero-order valence-electron chi connectivity index (χ0n) is 12.0. The summed E-state index contributed by atoms with van der Waals surface area (Å²) < 4.78 is 5.10. The number of rotatable bonds is 3. The summed E-state index contributed by atoms with van der Waals surface area (Å²) in [5.41, 5.74) is 1.44. The SMILES string of the molecule is C[C](c1ccccc1)=[Zr+2]([C]1=CC=CC1)[C]1=CC=CC1.[Cl-].[Cl-]. The van der Waals surface area contributed by atoms with Crippen LogP contribution in [0.2, 0.25) is 0 Å². The summed E-state index contributed by atoms with van der Waals surface area (Å²) in [5.74, 6) is 0. The maximum atomic E-state index is 2.38. The van der Waals surface area contributed by atoms with Crippen LogP contribution in [-0.4, -0.2) is 3.21 Å². The van der Waals surface area contributed by atoms with Crippen molar-refractivity contribution in [2.75, 3.05) is 0 Å². The van der Waals surface area contributed by atoms with Gasteiger partial charge in [0.25, 0.3) is 0 Å². The second-order valence-corrected chi connectivity index (χ2v) is 11.9. The van der Waals surface area contributed by atoms with Gasteiger partial charge in [-0.15, -0.1) is 0 Å². The van der Waals surface area contributed by atoms with Gasteiger partial charge < -0.3 is 24.8 Å². The molecule has 3 heteroatoms. The van der Waals surface area contributed by atoms with Gasteiger partial charge in [0.2, 0.25) is 0 Å². The van der Waals surface area contributed by atoms with Crippen LogP contribution in [0.25, 0.3) is 0 Å². The third-order valence-corrected chi connectivity index (χ3v) is 11.3. The fourth-order valence-electron chi connectivity index (χ4n) is 2.79. The molecule has 0 unspecified atom stereocenters. The maximum Gasteiger partial charge on any atom is -1.00 e. The summed E-state index contributed by atoms with van der Waals surface area (Å²) in [6, 6.07) is 10.9. The van der Waals surface area contributed by atoms with Crippen LogP contribution in [-0.2, 0) is 21.3 Å². The second-order valence-electron chi connectivity index (χ2n) is 5.01. The Morgan fingerprint density at radius 2 is 1.38 bits per heavy atom. The Labute approximate surface area is 147 Å². The average molecular weight is 396 g/mol. The molecular formula is C18H18Cl2Zr. The van der Waals surface area contributed by atoms with Crippen LogP contribution in [0.3, 0.4) is 0 Å². The number of hydrogen-bond acceptors (Lipinski definition) is 0. The van der Waals surface area contributed by atoms with Crippen LogP contribution < -0.4 is 24.8 Å². The van der Waals surface area contributed by atoms with E-state index in [0.717, 1.165) is 0 Å². The van der Waals surface area contributed by atoms with Gasteiger partial charge >= 0.3 is 123 Å². The van der Waals surface area contributed by atoms with Crippen LogP contribution in [0.4, 0.5) is 0 Å². The van der Waals surface area contributed by atoms with E-state index in [4.69, 9.17) is 0 Å². The second kappa shape index (κ2) is 8.83. The van der Waals surface area contributed by atoms with E-state index in [1.807, 2.05) is 0 Å². The first-order valence-electron chi connectivity index (χ1n) is 6.84. The predicted molar refractivity (Wildman–Crippen MR) is 79.9 cm³/mol. The molecule has 108 valence electrons. The van der Waals surface area contributed by atoms with Crippen LogP contribution in [0.1, 0.15) is 25.3 Å². The monoisotopic (exact) mass is 394 g/mol. The standard InChI is InChI=1S/C8H8.2C5H5.2ClH.Zr/c1-2-8-6-4-3-5-7-8;2*1-2-4-5-3-1;;;/h3-7H,1H3;2*1-3H,4H2;2*1H;/q;;;;;+2/p-2. The predicted octanol–water partition coefficient (Wildman–Crippen LogP) is -1.46. The van der Waals surface area contributed by atoms with Gasteiger partial charge in [0.1, 0.15) is 0 Å². The van der Waals surface area contributed by atoms with Crippen molar-refractivity contribution in [3.05, 3.63) is 78.9 Å². The Bertz CT molecular complexity index is 602. The number of benzene rings is 1. The van der Waals surface area contributed by atoms with Crippen molar-refractivity contribution < 1.29 is 46.1 Å². The van der Waals surface area contributed by atoms with E-state index >= 15 is 0 Å². The van der Waals surface area contributed by atoms with Gasteiger partial charge in [-0.1, -0.05) is 0 Å². The van der Waals surface area contributed by atoms with Gasteiger partial charge in [0.05, 0.1) is 0 Å². The van der Waals surface area contributed by atoms with E-state index in [-0.39, 0.29) is 24.8 Å². The van der Waals surface area contributed by atoms with Crippen LogP contribution in [0.5, 0.6) is 0 Å². The molecule has 2 aliphatic carbocycles. The average Bonchev–Trinajstić information content (AvgIpc) is 3.13. The number of halogens is 2. The zero-order valence-corrected chi connectivity index (χ0v) is 16.0. The summed E-state index contributed by atoms with van der Waals surface area (Å²) in [7, 11) is 0. The van der Waals surface area contributed by atoms with E-state index in [1.165, 1.54) is 18.4 Å². The minimum atomic E-state index is -1.82. The zero-order chi connectivity index (χ0) is 13.1. The summed E-state index contributed by atoms with van der Waals surface area (Å²) in [6.07, 6.45) is 16.2. The van der Waals surface area contributed by atoms with Crippen molar-refractivity contribution in [1.29, 1.82) is 0 Å². The van der Waals surface area contributed by atoms with Gasteiger partial charge in [0.15, 0.2) is 0 Å². The minimum Gasteiger partial charge on any atom is -1.00 e. The van der Waals surface area contributed by atoms with Crippen molar-refractivity contribution in [2.45, 2.75) is 19.8 Å². The molecule has 0 aromatic heterocycles. The summed E-state index contributed by atoms with van der Waals surface area (Å²) in [4.78, 5) is 0. The van der Waals surface area contributed by atoms with E-state index in [9.17, 15) is 0 Å². The molecule has 0 N–H and O–H groups in total. The summed E-state index contributed by atoms with van der Waals surface area (Å²) >= 11 is -1.82. The first-order chi connectivity index (χ1) is 9.36. The maximum absolute atomic E-state index is 2.38. The molecule has 1 aromatic carbocycles. The van der Waals surface area contributed by atoms with Crippen molar-refractivity contribution in [3.8, 4) is 0 Å². The molecule has 0 fully saturated rings. The quantitative estimate of drug-likeness (QED) is 0.586. The Kier molecular flexibility index (Phi) is 7.81.